The molecule has 0 amide bonds. The summed E-state index contributed by atoms with van der Waals surface area (Å²) < 4.78 is 0. The zero-order valence-electron chi connectivity index (χ0n) is 24.6. The fourth-order valence-electron chi connectivity index (χ4n) is 6.30. The molecule has 44 heavy (non-hydrogen) atoms. The first kappa shape index (κ1) is 27.6. The number of rotatable bonds is 8. The molecule has 4 aromatic carbocycles. The van der Waals surface area contributed by atoms with Gasteiger partial charge in [0, 0.05) is 10.8 Å². The molecule has 0 aliphatic rings. The first-order valence-corrected chi connectivity index (χ1v) is 18.0. The quantitative estimate of drug-likeness (QED) is 0.153. The molecule has 0 radical (unpaired) electrons. The molecule has 8 aromatic rings. The standard InChI is InChI=1S/C34H28N6S4/c1-19(2)25-9-27(39(29-11-35-15-41-29)30-12-36-16-42-30)23-8-6-22-26(20(3)4)10-28(24-7-5-21(25)33(23)34(22)24)40(31-13-37-17-43-31)32-14-38-18-44-32/h5-20H,1-4H3. The van der Waals surface area contributed by atoms with Gasteiger partial charge in [-0.3, -0.25) is 29.7 Å². The van der Waals surface area contributed by atoms with Crippen LogP contribution in [0.3, 0.4) is 0 Å². The Morgan fingerprint density at radius 2 is 0.795 bits per heavy atom. The molecule has 4 heterocycles. The molecule has 0 N–H and O–H groups in total. The van der Waals surface area contributed by atoms with Gasteiger partial charge >= 0.3 is 0 Å². The van der Waals surface area contributed by atoms with Gasteiger partial charge in [0.1, 0.15) is 20.0 Å². The van der Waals surface area contributed by atoms with Crippen molar-refractivity contribution < 1.29 is 0 Å². The fourth-order valence-corrected chi connectivity index (χ4v) is 9.03. The maximum atomic E-state index is 4.46. The lowest BCUT2D eigenvalue weighted by atomic mass is 9.84. The van der Waals surface area contributed by atoms with E-state index in [1.54, 1.807) is 45.3 Å². The average Bonchev–Trinajstić information content (AvgIpc) is 3.86. The van der Waals surface area contributed by atoms with E-state index in [1.807, 2.05) is 46.8 Å². The maximum absolute atomic E-state index is 4.46. The van der Waals surface area contributed by atoms with Gasteiger partial charge in [0.15, 0.2) is 0 Å². The van der Waals surface area contributed by atoms with Crippen molar-refractivity contribution in [3.63, 3.8) is 0 Å². The molecule has 0 saturated heterocycles. The lowest BCUT2D eigenvalue weighted by Crippen LogP contribution is -2.11. The highest BCUT2D eigenvalue weighted by atomic mass is 32.1. The Bertz CT molecular complexity index is 1960. The second-order valence-corrected chi connectivity index (χ2v) is 14.8. The first-order valence-electron chi connectivity index (χ1n) is 14.4. The van der Waals surface area contributed by atoms with E-state index in [2.05, 4.69) is 93.8 Å². The summed E-state index contributed by atoms with van der Waals surface area (Å²) in [6, 6.07) is 14.1. The number of thiazole rings is 4. The van der Waals surface area contributed by atoms with Crippen molar-refractivity contribution in [1.82, 2.24) is 19.9 Å². The van der Waals surface area contributed by atoms with E-state index in [-0.39, 0.29) is 0 Å². The smallest absolute Gasteiger partial charge is 0.121 e. The van der Waals surface area contributed by atoms with Crippen LogP contribution in [0.25, 0.3) is 32.3 Å². The van der Waals surface area contributed by atoms with Gasteiger partial charge in [-0.25, -0.2) is 0 Å². The minimum atomic E-state index is 0.331. The van der Waals surface area contributed by atoms with Crippen LogP contribution in [0.1, 0.15) is 50.7 Å². The van der Waals surface area contributed by atoms with Crippen LogP contribution in [-0.2, 0) is 0 Å². The van der Waals surface area contributed by atoms with E-state index < -0.39 is 0 Å². The molecule has 0 aliphatic heterocycles. The van der Waals surface area contributed by atoms with Crippen molar-refractivity contribution in [2.45, 2.75) is 39.5 Å². The molecule has 0 aliphatic carbocycles. The van der Waals surface area contributed by atoms with Gasteiger partial charge in [-0.15, -0.1) is 45.3 Å². The topological polar surface area (TPSA) is 58.0 Å². The largest absolute Gasteiger partial charge is 0.290 e. The van der Waals surface area contributed by atoms with Gasteiger partial charge in [-0.05, 0) is 56.6 Å². The van der Waals surface area contributed by atoms with Crippen molar-refractivity contribution in [2.24, 2.45) is 0 Å². The Morgan fingerprint density at radius 3 is 1.07 bits per heavy atom. The number of anilines is 6. The summed E-state index contributed by atoms with van der Waals surface area (Å²) in [6.45, 7) is 9.17. The van der Waals surface area contributed by atoms with Crippen molar-refractivity contribution in [3.05, 3.63) is 94.4 Å². The lowest BCUT2D eigenvalue weighted by molar-refractivity contribution is 0.875. The number of hydrogen-bond donors (Lipinski definition) is 0. The van der Waals surface area contributed by atoms with Crippen molar-refractivity contribution >= 4 is 109 Å². The Labute approximate surface area is 271 Å². The van der Waals surface area contributed by atoms with E-state index in [0.29, 0.717) is 11.8 Å². The highest BCUT2D eigenvalue weighted by molar-refractivity contribution is 7.16. The van der Waals surface area contributed by atoms with Crippen LogP contribution >= 0.6 is 45.3 Å². The van der Waals surface area contributed by atoms with Gasteiger partial charge in [0.25, 0.3) is 0 Å². The predicted molar refractivity (Wildman–Crippen MR) is 190 cm³/mol. The molecule has 0 unspecified atom stereocenters. The van der Waals surface area contributed by atoms with Gasteiger partial charge in [0.2, 0.25) is 0 Å². The predicted octanol–water partition coefficient (Wildman–Crippen LogP) is 11.6. The van der Waals surface area contributed by atoms with Crippen LogP contribution in [-0.4, -0.2) is 19.9 Å². The Morgan fingerprint density at radius 1 is 0.477 bits per heavy atom. The Kier molecular flexibility index (Phi) is 6.82. The second-order valence-electron chi connectivity index (χ2n) is 11.4. The highest BCUT2D eigenvalue weighted by Gasteiger charge is 2.27. The number of hydrogen-bond acceptors (Lipinski definition) is 10. The van der Waals surface area contributed by atoms with Crippen LogP contribution in [0.5, 0.6) is 0 Å². The van der Waals surface area contributed by atoms with Gasteiger partial charge in [0.05, 0.1) is 58.2 Å². The fraction of sp³-hybridized carbons (Fsp3) is 0.176. The zero-order valence-corrected chi connectivity index (χ0v) is 27.8. The Balaban J connectivity index is 1.53. The molecule has 0 atom stereocenters. The SMILES string of the molecule is CC(C)c1cc(N(c2cncs2)c2cncs2)c2ccc3c(C(C)C)cc(N(c4cncs4)c4cncs4)c4ccc1c2c34. The normalized spacial score (nSPS) is 12.0. The first-order chi connectivity index (χ1) is 21.5. The average molecular weight is 649 g/mol. The molecule has 218 valence electrons. The molecule has 0 bridgehead atoms. The molecule has 4 aromatic heterocycles. The van der Waals surface area contributed by atoms with E-state index in [4.69, 9.17) is 0 Å². The summed E-state index contributed by atoms with van der Waals surface area (Å²) in [5, 5.41) is 12.0. The molecular formula is C34H28N6S4. The van der Waals surface area contributed by atoms with Crippen LogP contribution in [0.4, 0.5) is 31.4 Å². The zero-order chi connectivity index (χ0) is 29.9. The minimum absolute atomic E-state index is 0.331. The second kappa shape index (κ2) is 10.9. The molecular weight excluding hydrogens is 621 g/mol. The third-order valence-corrected chi connectivity index (χ3v) is 11.2. The van der Waals surface area contributed by atoms with Crippen LogP contribution in [0, 0.1) is 0 Å². The third-order valence-electron chi connectivity index (χ3n) is 8.20. The van der Waals surface area contributed by atoms with Crippen LogP contribution in [0.15, 0.2) is 83.2 Å². The number of benzene rings is 4. The number of nitrogens with zero attached hydrogens (tertiary/aromatic N) is 6. The van der Waals surface area contributed by atoms with Crippen molar-refractivity contribution in [1.29, 1.82) is 0 Å². The maximum Gasteiger partial charge on any atom is 0.121 e. The Hall–Kier alpha value is -3.96. The van der Waals surface area contributed by atoms with Gasteiger partial charge in [-0.1, -0.05) is 52.0 Å². The van der Waals surface area contributed by atoms with Crippen molar-refractivity contribution in [2.75, 3.05) is 9.80 Å². The summed E-state index contributed by atoms with van der Waals surface area (Å²) in [6.07, 6.45) is 7.81. The summed E-state index contributed by atoms with van der Waals surface area (Å²) in [5.74, 6) is 0.663. The van der Waals surface area contributed by atoms with Crippen LogP contribution in [0.2, 0.25) is 0 Å². The molecule has 8 rings (SSSR count). The van der Waals surface area contributed by atoms with Crippen molar-refractivity contribution in [3.8, 4) is 0 Å². The number of aromatic nitrogens is 4. The van der Waals surface area contributed by atoms with Gasteiger partial charge < -0.3 is 0 Å². The minimum Gasteiger partial charge on any atom is -0.290 e. The highest BCUT2D eigenvalue weighted by Crippen LogP contribution is 2.51. The summed E-state index contributed by atoms with van der Waals surface area (Å²) in [5.41, 5.74) is 12.6. The van der Waals surface area contributed by atoms with E-state index >= 15 is 0 Å². The van der Waals surface area contributed by atoms with E-state index in [0.717, 1.165) is 31.4 Å². The third kappa shape index (κ3) is 4.31. The summed E-state index contributed by atoms with van der Waals surface area (Å²) in [4.78, 5) is 22.5. The van der Waals surface area contributed by atoms with E-state index in [1.165, 1.54) is 43.4 Å². The molecule has 0 fully saturated rings. The van der Waals surface area contributed by atoms with E-state index in [9.17, 15) is 0 Å². The molecule has 0 saturated carbocycles. The molecule has 6 nitrogen and oxygen atoms in total. The molecule has 10 heteroatoms. The van der Waals surface area contributed by atoms with Gasteiger partial charge in [-0.2, -0.15) is 0 Å². The summed E-state index contributed by atoms with van der Waals surface area (Å²) in [7, 11) is 0. The lowest BCUT2D eigenvalue weighted by Gasteiger charge is -2.29. The van der Waals surface area contributed by atoms with Crippen LogP contribution < -0.4 is 9.80 Å². The molecule has 0 spiro atoms. The monoisotopic (exact) mass is 648 g/mol. The summed E-state index contributed by atoms with van der Waals surface area (Å²) >= 11 is 6.58.